The second kappa shape index (κ2) is 7.20. The molecule has 4 atom stereocenters. The Hall–Kier alpha value is -0.910. The maximum Gasteiger partial charge on any atom is 0.246 e. The van der Waals surface area contributed by atoms with Gasteiger partial charge in [0.1, 0.15) is 12.1 Å². The van der Waals surface area contributed by atoms with E-state index in [1.165, 1.54) is 0 Å². The van der Waals surface area contributed by atoms with E-state index in [1.54, 1.807) is 11.2 Å². The summed E-state index contributed by atoms with van der Waals surface area (Å²) in [7, 11) is -0.988. The van der Waals surface area contributed by atoms with Crippen molar-refractivity contribution < 1.29 is 13.8 Å². The minimum atomic E-state index is -0.988. The molecular formula is C14H26N2O3S. The molecule has 4 unspecified atom stereocenters. The zero-order valence-corrected chi connectivity index (χ0v) is 13.8. The monoisotopic (exact) mass is 302 g/mol. The Morgan fingerprint density at radius 3 is 2.35 bits per heavy atom. The molecule has 116 valence electrons. The molecule has 0 saturated carbocycles. The predicted octanol–water partition coefficient (Wildman–Crippen LogP) is 0.905. The van der Waals surface area contributed by atoms with E-state index in [0.717, 1.165) is 0 Å². The zero-order chi connectivity index (χ0) is 15.4. The van der Waals surface area contributed by atoms with Gasteiger partial charge in [-0.05, 0) is 25.7 Å². The van der Waals surface area contributed by atoms with Crippen LogP contribution in [0, 0.1) is 5.92 Å². The van der Waals surface area contributed by atoms with Crippen molar-refractivity contribution in [3.8, 4) is 0 Å². The third kappa shape index (κ3) is 4.04. The van der Waals surface area contributed by atoms with Crippen LogP contribution in [0.25, 0.3) is 0 Å². The van der Waals surface area contributed by atoms with Crippen molar-refractivity contribution in [2.24, 2.45) is 5.92 Å². The quantitative estimate of drug-likeness (QED) is 0.793. The molecule has 5 nitrogen and oxygen atoms in total. The van der Waals surface area contributed by atoms with E-state index in [9.17, 15) is 13.8 Å². The number of carbonyl (C=O) groups excluding carboxylic acids is 2. The number of amides is 2. The smallest absolute Gasteiger partial charge is 0.246 e. The second-order valence-electron chi connectivity index (χ2n) is 5.95. The molecule has 0 radical (unpaired) electrons. The lowest BCUT2D eigenvalue weighted by molar-refractivity contribution is -0.151. The highest BCUT2D eigenvalue weighted by Crippen LogP contribution is 2.20. The molecule has 20 heavy (non-hydrogen) atoms. The Bertz CT molecular complexity index is 398. The molecule has 0 aromatic heterocycles. The number of hydrogen-bond donors (Lipinski definition) is 1. The van der Waals surface area contributed by atoms with Gasteiger partial charge in [-0.2, -0.15) is 0 Å². The standard InChI is InChI=1S/C14H26N2O3S/c1-6-12-13(17)15-11(7-9(2)3)14(18)16(12)10(4)8-20(5)19/h9-12H,6-8H2,1-5H3,(H,15,17). The van der Waals surface area contributed by atoms with E-state index in [0.29, 0.717) is 24.5 Å². The molecule has 1 aliphatic rings. The summed E-state index contributed by atoms with van der Waals surface area (Å²) in [4.78, 5) is 26.4. The normalized spacial score (nSPS) is 26.6. The van der Waals surface area contributed by atoms with Crippen molar-refractivity contribution in [1.29, 1.82) is 0 Å². The van der Waals surface area contributed by atoms with Crippen molar-refractivity contribution in [3.63, 3.8) is 0 Å². The number of nitrogens with zero attached hydrogens (tertiary/aromatic N) is 1. The van der Waals surface area contributed by atoms with Gasteiger partial charge >= 0.3 is 0 Å². The van der Waals surface area contributed by atoms with Crippen LogP contribution in [-0.4, -0.2) is 51.1 Å². The number of rotatable bonds is 6. The van der Waals surface area contributed by atoms with Gasteiger partial charge in [-0.3, -0.25) is 13.8 Å². The number of piperazine rings is 1. The SMILES string of the molecule is CCC1C(=O)NC(CC(C)C)C(=O)N1C(C)CS(C)=O. The van der Waals surface area contributed by atoms with Crippen molar-refractivity contribution in [1.82, 2.24) is 10.2 Å². The number of nitrogens with one attached hydrogen (secondary N) is 1. The van der Waals surface area contributed by atoms with Crippen molar-refractivity contribution in [2.45, 2.75) is 58.7 Å². The van der Waals surface area contributed by atoms with Crippen LogP contribution in [0.15, 0.2) is 0 Å². The Morgan fingerprint density at radius 2 is 1.90 bits per heavy atom. The summed E-state index contributed by atoms with van der Waals surface area (Å²) in [6.45, 7) is 7.82. The number of hydrogen-bond acceptors (Lipinski definition) is 3. The lowest BCUT2D eigenvalue weighted by Gasteiger charge is -2.42. The molecular weight excluding hydrogens is 276 g/mol. The highest BCUT2D eigenvalue weighted by atomic mass is 32.2. The van der Waals surface area contributed by atoms with Crippen molar-refractivity contribution >= 4 is 22.6 Å². The van der Waals surface area contributed by atoms with Crippen LogP contribution >= 0.6 is 0 Å². The predicted molar refractivity (Wildman–Crippen MR) is 80.7 cm³/mol. The van der Waals surface area contributed by atoms with Gasteiger partial charge < -0.3 is 10.2 Å². The van der Waals surface area contributed by atoms with Gasteiger partial charge in [0, 0.05) is 28.9 Å². The summed E-state index contributed by atoms with van der Waals surface area (Å²) in [6, 6.07) is -1.07. The van der Waals surface area contributed by atoms with E-state index in [-0.39, 0.29) is 17.9 Å². The first-order valence-electron chi connectivity index (χ1n) is 7.20. The van der Waals surface area contributed by atoms with Gasteiger partial charge in [-0.1, -0.05) is 20.8 Å². The van der Waals surface area contributed by atoms with Gasteiger partial charge in [0.05, 0.1) is 0 Å². The average molecular weight is 302 g/mol. The molecule has 1 N–H and O–H groups in total. The summed E-state index contributed by atoms with van der Waals surface area (Å²) in [6.07, 6.45) is 2.84. The third-order valence-corrected chi connectivity index (χ3v) is 4.50. The summed E-state index contributed by atoms with van der Waals surface area (Å²) in [5, 5.41) is 2.83. The molecule has 0 aromatic carbocycles. The Labute approximate surface area is 123 Å². The minimum Gasteiger partial charge on any atom is -0.342 e. The van der Waals surface area contributed by atoms with Gasteiger partial charge in [0.2, 0.25) is 11.8 Å². The third-order valence-electron chi connectivity index (χ3n) is 3.55. The average Bonchev–Trinajstić information content (AvgIpc) is 2.31. The fraction of sp³-hybridized carbons (Fsp3) is 0.857. The van der Waals surface area contributed by atoms with E-state index < -0.39 is 22.9 Å². The van der Waals surface area contributed by atoms with E-state index in [4.69, 9.17) is 0 Å². The van der Waals surface area contributed by atoms with Crippen molar-refractivity contribution in [3.05, 3.63) is 0 Å². The molecule has 0 bridgehead atoms. The Morgan fingerprint density at radius 1 is 1.30 bits per heavy atom. The van der Waals surface area contributed by atoms with Crippen LogP contribution in [0.3, 0.4) is 0 Å². The molecule has 1 aliphatic heterocycles. The molecule has 1 rings (SSSR count). The van der Waals surface area contributed by atoms with Crippen LogP contribution in [0.4, 0.5) is 0 Å². The minimum absolute atomic E-state index is 0.0388. The summed E-state index contributed by atoms with van der Waals surface area (Å²) in [5.41, 5.74) is 0. The lowest BCUT2D eigenvalue weighted by atomic mass is 9.96. The van der Waals surface area contributed by atoms with Crippen molar-refractivity contribution in [2.75, 3.05) is 12.0 Å². The van der Waals surface area contributed by atoms with Gasteiger partial charge in [-0.15, -0.1) is 0 Å². The molecule has 0 aromatic rings. The lowest BCUT2D eigenvalue weighted by Crippen LogP contribution is -2.66. The Balaban J connectivity index is 2.96. The molecule has 0 aliphatic carbocycles. The van der Waals surface area contributed by atoms with Gasteiger partial charge in [0.25, 0.3) is 0 Å². The molecule has 6 heteroatoms. The fourth-order valence-electron chi connectivity index (χ4n) is 2.75. The van der Waals surface area contributed by atoms with Gasteiger partial charge in [0.15, 0.2) is 0 Å². The summed E-state index contributed by atoms with van der Waals surface area (Å²) in [5.74, 6) is 0.610. The molecule has 1 saturated heterocycles. The van der Waals surface area contributed by atoms with Crippen LogP contribution < -0.4 is 5.32 Å². The highest BCUT2D eigenvalue weighted by molar-refractivity contribution is 7.84. The second-order valence-corrected chi connectivity index (χ2v) is 7.43. The topological polar surface area (TPSA) is 66.5 Å². The Kier molecular flexibility index (Phi) is 6.17. The first-order valence-corrected chi connectivity index (χ1v) is 8.93. The van der Waals surface area contributed by atoms with Gasteiger partial charge in [-0.25, -0.2) is 0 Å². The van der Waals surface area contributed by atoms with E-state index >= 15 is 0 Å². The molecule has 1 heterocycles. The van der Waals surface area contributed by atoms with E-state index in [2.05, 4.69) is 5.32 Å². The maximum absolute atomic E-state index is 12.6. The zero-order valence-electron chi connectivity index (χ0n) is 13.0. The largest absolute Gasteiger partial charge is 0.342 e. The van der Waals surface area contributed by atoms with Crippen LogP contribution in [0.2, 0.25) is 0 Å². The van der Waals surface area contributed by atoms with Crippen LogP contribution in [0.5, 0.6) is 0 Å². The first-order chi connectivity index (χ1) is 9.27. The fourth-order valence-corrected chi connectivity index (χ4v) is 3.59. The molecule has 1 fully saturated rings. The van der Waals surface area contributed by atoms with E-state index in [1.807, 2.05) is 27.7 Å². The molecule has 0 spiro atoms. The highest BCUT2D eigenvalue weighted by Gasteiger charge is 2.41. The summed E-state index contributed by atoms with van der Waals surface area (Å²) < 4.78 is 11.4. The van der Waals surface area contributed by atoms with Crippen LogP contribution in [0.1, 0.15) is 40.5 Å². The molecule has 2 amide bonds. The first kappa shape index (κ1) is 17.1. The number of carbonyl (C=O) groups is 2. The van der Waals surface area contributed by atoms with Crippen LogP contribution in [-0.2, 0) is 20.4 Å². The maximum atomic E-state index is 12.6. The summed E-state index contributed by atoms with van der Waals surface area (Å²) >= 11 is 0.